The van der Waals surface area contributed by atoms with Crippen LogP contribution in [0.3, 0.4) is 0 Å². The maximum Gasteiger partial charge on any atom is 0.262 e. The largest absolute Gasteiger partial charge is 0.493 e. The van der Waals surface area contributed by atoms with Crippen molar-refractivity contribution in [2.45, 2.75) is 38.6 Å². The summed E-state index contributed by atoms with van der Waals surface area (Å²) >= 11 is 0. The van der Waals surface area contributed by atoms with Crippen molar-refractivity contribution in [1.29, 1.82) is 5.26 Å². The van der Waals surface area contributed by atoms with Gasteiger partial charge in [0, 0.05) is 11.6 Å². The predicted molar refractivity (Wildman–Crippen MR) is 81.6 cm³/mol. The molecule has 0 radical (unpaired) electrons. The topological polar surface area (TPSA) is 62.1 Å². The lowest BCUT2D eigenvalue weighted by Gasteiger charge is -2.11. The number of hydrogen-bond donors (Lipinski definition) is 1. The highest BCUT2D eigenvalue weighted by Crippen LogP contribution is 2.22. The lowest BCUT2D eigenvalue weighted by Crippen LogP contribution is -2.33. The first-order valence-corrected chi connectivity index (χ1v) is 7.39. The Kier molecular flexibility index (Phi) is 5.39. The van der Waals surface area contributed by atoms with Gasteiger partial charge in [0.2, 0.25) is 0 Å². The zero-order valence-electron chi connectivity index (χ0n) is 12.3. The number of nitrogens with zero attached hydrogens (tertiary/aromatic N) is 1. The predicted octanol–water partition coefficient (Wildman–Crippen LogP) is 3.05. The van der Waals surface area contributed by atoms with E-state index < -0.39 is 0 Å². The molecular formula is C17H20N2O2. The van der Waals surface area contributed by atoms with Crippen LogP contribution in [0.2, 0.25) is 0 Å². The fourth-order valence-corrected chi connectivity index (χ4v) is 2.52. The van der Waals surface area contributed by atoms with Gasteiger partial charge >= 0.3 is 0 Å². The number of rotatable bonds is 5. The summed E-state index contributed by atoms with van der Waals surface area (Å²) in [6.45, 7) is 2.44. The molecule has 0 spiro atoms. The minimum absolute atomic E-state index is 0.119. The van der Waals surface area contributed by atoms with Gasteiger partial charge in [0.25, 0.3) is 5.91 Å². The molecule has 1 aliphatic rings. The monoisotopic (exact) mass is 284 g/mol. The van der Waals surface area contributed by atoms with Gasteiger partial charge in [0.1, 0.15) is 17.4 Å². The molecule has 1 aromatic rings. The zero-order chi connectivity index (χ0) is 15.1. The Labute approximate surface area is 125 Å². The van der Waals surface area contributed by atoms with Crippen molar-refractivity contribution in [1.82, 2.24) is 5.32 Å². The van der Waals surface area contributed by atoms with Crippen LogP contribution < -0.4 is 10.1 Å². The number of nitrogens with one attached hydrogen (secondary N) is 1. The van der Waals surface area contributed by atoms with E-state index in [9.17, 15) is 10.1 Å². The summed E-state index contributed by atoms with van der Waals surface area (Å²) in [7, 11) is 0. The van der Waals surface area contributed by atoms with Crippen molar-refractivity contribution < 1.29 is 9.53 Å². The van der Waals surface area contributed by atoms with E-state index in [1.807, 2.05) is 37.3 Å². The van der Waals surface area contributed by atoms with Crippen molar-refractivity contribution in [3.63, 3.8) is 0 Å². The smallest absolute Gasteiger partial charge is 0.262 e. The van der Waals surface area contributed by atoms with Crippen LogP contribution in [0.25, 0.3) is 6.08 Å². The second-order valence-corrected chi connectivity index (χ2v) is 5.10. The number of ether oxygens (including phenoxy) is 1. The molecule has 0 atom stereocenters. The maximum absolute atomic E-state index is 12.2. The average molecular weight is 284 g/mol. The highest BCUT2D eigenvalue weighted by Gasteiger charge is 2.19. The Morgan fingerprint density at radius 3 is 2.81 bits per heavy atom. The summed E-state index contributed by atoms with van der Waals surface area (Å²) in [5, 5.41) is 12.2. The van der Waals surface area contributed by atoms with Crippen LogP contribution in [0.15, 0.2) is 29.8 Å². The van der Waals surface area contributed by atoms with Gasteiger partial charge in [-0.1, -0.05) is 31.0 Å². The van der Waals surface area contributed by atoms with Crippen molar-refractivity contribution in [3.05, 3.63) is 35.4 Å². The van der Waals surface area contributed by atoms with E-state index in [1.54, 1.807) is 6.08 Å². The molecule has 4 heteroatoms. The van der Waals surface area contributed by atoms with Crippen LogP contribution in [0.4, 0.5) is 0 Å². The Bertz CT molecular complexity index is 566. The van der Waals surface area contributed by atoms with Crippen LogP contribution in [0.5, 0.6) is 5.75 Å². The molecule has 0 saturated heterocycles. The third-order valence-corrected chi connectivity index (χ3v) is 3.57. The Morgan fingerprint density at radius 1 is 1.43 bits per heavy atom. The van der Waals surface area contributed by atoms with E-state index in [0.717, 1.165) is 31.2 Å². The first-order chi connectivity index (χ1) is 10.2. The summed E-state index contributed by atoms with van der Waals surface area (Å²) in [5.41, 5.74) is 0.867. The molecule has 1 aliphatic carbocycles. The van der Waals surface area contributed by atoms with Crippen LogP contribution in [-0.2, 0) is 4.79 Å². The summed E-state index contributed by atoms with van der Waals surface area (Å²) in [6.07, 6.45) is 5.88. The minimum atomic E-state index is -0.296. The molecule has 21 heavy (non-hydrogen) atoms. The molecule has 2 rings (SSSR count). The number of hydrogen-bond acceptors (Lipinski definition) is 3. The maximum atomic E-state index is 12.2. The highest BCUT2D eigenvalue weighted by molar-refractivity contribution is 6.02. The molecule has 0 aromatic heterocycles. The third kappa shape index (κ3) is 4.09. The van der Waals surface area contributed by atoms with E-state index in [-0.39, 0.29) is 17.5 Å². The molecule has 1 N–H and O–H groups in total. The van der Waals surface area contributed by atoms with Crippen LogP contribution in [-0.4, -0.2) is 18.6 Å². The number of amides is 1. The second kappa shape index (κ2) is 7.49. The number of para-hydroxylation sites is 1. The molecule has 1 aromatic carbocycles. The number of carbonyl (C=O) groups excluding carboxylic acids is 1. The van der Waals surface area contributed by atoms with Crippen molar-refractivity contribution in [2.24, 2.45) is 0 Å². The molecule has 0 heterocycles. The number of benzene rings is 1. The molecule has 0 bridgehead atoms. The molecule has 110 valence electrons. The van der Waals surface area contributed by atoms with Crippen molar-refractivity contribution in [3.8, 4) is 11.8 Å². The summed E-state index contributed by atoms with van der Waals surface area (Å²) in [6, 6.07) is 9.59. The quantitative estimate of drug-likeness (QED) is 0.667. The van der Waals surface area contributed by atoms with Crippen LogP contribution >= 0.6 is 0 Å². The molecular weight excluding hydrogens is 264 g/mol. The summed E-state index contributed by atoms with van der Waals surface area (Å²) in [4.78, 5) is 12.2. The summed E-state index contributed by atoms with van der Waals surface area (Å²) in [5.74, 6) is 0.386. The van der Waals surface area contributed by atoms with Gasteiger partial charge in [0.05, 0.1) is 6.61 Å². The second-order valence-electron chi connectivity index (χ2n) is 5.10. The molecule has 1 fully saturated rings. The normalized spacial score (nSPS) is 15.5. The standard InChI is InChI=1S/C17H20N2O2/c1-2-21-16-10-6-3-7-13(16)11-14(12-18)17(20)19-15-8-4-5-9-15/h3,6-7,10-11,15H,2,4-5,8-9H2,1H3,(H,19,20)/b14-11-. The molecule has 1 amide bonds. The summed E-state index contributed by atoms with van der Waals surface area (Å²) < 4.78 is 5.51. The fraction of sp³-hybridized carbons (Fsp3) is 0.412. The number of carbonyl (C=O) groups is 1. The van der Waals surface area contributed by atoms with Gasteiger partial charge in [-0.05, 0) is 31.9 Å². The van der Waals surface area contributed by atoms with Crippen molar-refractivity contribution in [2.75, 3.05) is 6.61 Å². The van der Waals surface area contributed by atoms with Gasteiger partial charge in [-0.25, -0.2) is 0 Å². The average Bonchev–Trinajstić information content (AvgIpc) is 2.99. The Balaban J connectivity index is 2.16. The van der Waals surface area contributed by atoms with E-state index >= 15 is 0 Å². The number of nitriles is 1. The van der Waals surface area contributed by atoms with Crippen LogP contribution in [0, 0.1) is 11.3 Å². The first-order valence-electron chi connectivity index (χ1n) is 7.39. The molecule has 0 aliphatic heterocycles. The SMILES string of the molecule is CCOc1ccccc1/C=C(/C#N)C(=O)NC1CCCC1. The molecule has 4 nitrogen and oxygen atoms in total. The van der Waals surface area contributed by atoms with Gasteiger partial charge in [-0.3, -0.25) is 4.79 Å². The lowest BCUT2D eigenvalue weighted by atomic mass is 10.1. The fourth-order valence-electron chi connectivity index (χ4n) is 2.52. The van der Waals surface area contributed by atoms with Gasteiger partial charge in [-0.2, -0.15) is 5.26 Å². The third-order valence-electron chi connectivity index (χ3n) is 3.57. The molecule has 1 saturated carbocycles. The van der Waals surface area contributed by atoms with E-state index in [2.05, 4.69) is 5.32 Å². The zero-order valence-corrected chi connectivity index (χ0v) is 12.3. The van der Waals surface area contributed by atoms with Gasteiger partial charge in [0.15, 0.2) is 0 Å². The molecule has 0 unspecified atom stereocenters. The lowest BCUT2D eigenvalue weighted by molar-refractivity contribution is -0.117. The Hall–Kier alpha value is -2.28. The first kappa shape index (κ1) is 15.1. The Morgan fingerprint density at radius 2 is 2.14 bits per heavy atom. The van der Waals surface area contributed by atoms with E-state index in [4.69, 9.17) is 4.74 Å². The highest BCUT2D eigenvalue weighted by atomic mass is 16.5. The van der Waals surface area contributed by atoms with E-state index in [0.29, 0.717) is 12.4 Å². The van der Waals surface area contributed by atoms with Crippen LogP contribution in [0.1, 0.15) is 38.2 Å². The van der Waals surface area contributed by atoms with Crippen molar-refractivity contribution >= 4 is 12.0 Å². The minimum Gasteiger partial charge on any atom is -0.493 e. The van der Waals surface area contributed by atoms with Gasteiger partial charge in [-0.15, -0.1) is 0 Å². The van der Waals surface area contributed by atoms with Gasteiger partial charge < -0.3 is 10.1 Å². The van der Waals surface area contributed by atoms with E-state index in [1.165, 1.54) is 0 Å².